The molecule has 5 atom stereocenters. The van der Waals surface area contributed by atoms with E-state index in [1.165, 1.54) is 0 Å². The van der Waals surface area contributed by atoms with Crippen LogP contribution in [-0.2, 0) is 21.7 Å². The van der Waals surface area contributed by atoms with E-state index in [9.17, 15) is 9.90 Å². The maximum atomic E-state index is 15.7. The van der Waals surface area contributed by atoms with Crippen molar-refractivity contribution < 1.29 is 18.7 Å². The number of aryl methyl sites for hydroxylation is 1. The van der Waals surface area contributed by atoms with Gasteiger partial charge in [-0.15, -0.1) is 5.10 Å². The quantitative estimate of drug-likeness (QED) is 0.337. The summed E-state index contributed by atoms with van der Waals surface area (Å²) >= 11 is 6.27. The largest absolute Gasteiger partial charge is 0.395 e. The fourth-order valence-electron chi connectivity index (χ4n) is 6.01. The van der Waals surface area contributed by atoms with Crippen molar-refractivity contribution in [3.8, 4) is 0 Å². The van der Waals surface area contributed by atoms with Gasteiger partial charge < -0.3 is 19.3 Å². The number of aromatic nitrogens is 3. The van der Waals surface area contributed by atoms with Gasteiger partial charge in [0.15, 0.2) is 5.60 Å². The van der Waals surface area contributed by atoms with Crippen molar-refractivity contribution in [1.29, 1.82) is 0 Å². The minimum atomic E-state index is -3.23. The summed E-state index contributed by atoms with van der Waals surface area (Å²) in [6.07, 6.45) is 1.81. The van der Waals surface area contributed by atoms with E-state index >= 15 is 4.11 Å². The first-order valence-electron chi connectivity index (χ1n) is 12.2. The molecule has 1 amide bonds. The third-order valence-electron chi connectivity index (χ3n) is 7.62. The first kappa shape index (κ1) is 25.1. The minimum Gasteiger partial charge on any atom is -0.395 e. The number of anilines is 1. The van der Waals surface area contributed by atoms with Gasteiger partial charge in [-0.3, -0.25) is 9.48 Å². The summed E-state index contributed by atoms with van der Waals surface area (Å²) in [5, 5.41) is 21.9. The summed E-state index contributed by atoms with van der Waals surface area (Å²) in [5.74, 6) is -0.911. The average molecular weight is 529 g/mol. The van der Waals surface area contributed by atoms with Gasteiger partial charge in [0.1, 0.15) is 0 Å². The van der Waals surface area contributed by atoms with Gasteiger partial charge in [0.05, 0.1) is 24.3 Å². The molecule has 1 aromatic heterocycles. The maximum absolute atomic E-state index is 15.7. The van der Waals surface area contributed by atoms with E-state index in [0.717, 1.165) is 5.56 Å². The summed E-state index contributed by atoms with van der Waals surface area (Å²) < 4.78 is 24.0. The Morgan fingerprint density at radius 1 is 1.28 bits per heavy atom. The standard InChI is InChI=1S/C26H30ClFN4O3Si/c1-16-24(36(2,3)28)23(35-26(16)20-13-18(27)9-10-21(20)29-25(26)34)11-12-32-14-22(30-31-32)19(15-33)17-7-5-4-6-8-17/h4-10,13-14,16,19,23-24,33H,11-12,15H2,1-3H3,(H,29,34)/t16-,19?,23+,24-,26+/m1/s1. The molecule has 1 unspecified atom stereocenters. The Bertz CT molecular complexity index is 1270. The normalized spacial score (nSPS) is 26.3. The first-order valence-corrected chi connectivity index (χ1v) is 15.5. The molecule has 10 heteroatoms. The first-order chi connectivity index (χ1) is 17.1. The highest BCUT2D eigenvalue weighted by Crippen LogP contribution is 2.59. The molecule has 7 nitrogen and oxygen atoms in total. The van der Waals surface area contributed by atoms with E-state index in [0.29, 0.717) is 34.9 Å². The molecular weight excluding hydrogens is 499 g/mol. The Kier molecular flexibility index (Phi) is 6.53. The van der Waals surface area contributed by atoms with Crippen LogP contribution < -0.4 is 5.32 Å². The molecule has 2 aromatic carbocycles. The van der Waals surface area contributed by atoms with Gasteiger partial charge in [0.25, 0.3) is 5.91 Å². The lowest BCUT2D eigenvalue weighted by atomic mass is 9.82. The number of hydrogen-bond donors (Lipinski definition) is 2. The Labute approximate surface area is 215 Å². The van der Waals surface area contributed by atoms with Crippen LogP contribution in [0.5, 0.6) is 0 Å². The van der Waals surface area contributed by atoms with E-state index in [1.807, 2.05) is 43.5 Å². The van der Waals surface area contributed by atoms with Crippen LogP contribution in [0.15, 0.2) is 54.7 Å². The molecule has 2 N–H and O–H groups in total. The number of carbonyl (C=O) groups excluding carboxylic acids is 1. The van der Waals surface area contributed by atoms with Gasteiger partial charge in [-0.1, -0.05) is 54.1 Å². The maximum Gasteiger partial charge on any atom is 0.261 e. The molecule has 0 radical (unpaired) electrons. The molecule has 0 saturated carbocycles. The molecular formula is C26H30ClFN4O3Si. The van der Waals surface area contributed by atoms with Crippen LogP contribution in [0.1, 0.15) is 36.1 Å². The van der Waals surface area contributed by atoms with E-state index < -0.39 is 25.7 Å². The number of aliphatic hydroxyl groups is 1. The number of hydrogen-bond acceptors (Lipinski definition) is 5. The van der Waals surface area contributed by atoms with Crippen LogP contribution in [0.4, 0.5) is 9.80 Å². The number of nitrogens with zero attached hydrogens (tertiary/aromatic N) is 3. The molecule has 0 aliphatic carbocycles. The van der Waals surface area contributed by atoms with Crippen molar-refractivity contribution in [2.24, 2.45) is 5.92 Å². The predicted octanol–water partition coefficient (Wildman–Crippen LogP) is 4.87. The van der Waals surface area contributed by atoms with E-state index in [1.54, 1.807) is 36.0 Å². The predicted molar refractivity (Wildman–Crippen MR) is 138 cm³/mol. The second-order valence-electron chi connectivity index (χ2n) is 10.3. The summed E-state index contributed by atoms with van der Waals surface area (Å²) in [4.78, 5) is 13.3. The Balaban J connectivity index is 1.40. The lowest BCUT2D eigenvalue weighted by Crippen LogP contribution is -2.41. The van der Waals surface area contributed by atoms with Crippen LogP contribution in [-0.4, -0.2) is 47.1 Å². The highest BCUT2D eigenvalue weighted by molar-refractivity contribution is 6.72. The van der Waals surface area contributed by atoms with Gasteiger partial charge in [0, 0.05) is 40.5 Å². The second-order valence-corrected chi connectivity index (χ2v) is 14.5. The highest BCUT2D eigenvalue weighted by atomic mass is 35.5. The Morgan fingerprint density at radius 2 is 2.03 bits per heavy atom. The summed E-state index contributed by atoms with van der Waals surface area (Å²) in [6, 6.07) is 14.9. The van der Waals surface area contributed by atoms with Gasteiger partial charge in [-0.25, -0.2) is 0 Å². The van der Waals surface area contributed by atoms with Crippen molar-refractivity contribution in [2.75, 3.05) is 11.9 Å². The van der Waals surface area contributed by atoms with Crippen LogP contribution in [0.2, 0.25) is 23.7 Å². The summed E-state index contributed by atoms with van der Waals surface area (Å²) in [7, 11) is -3.23. The molecule has 1 fully saturated rings. The third kappa shape index (κ3) is 4.17. The zero-order chi connectivity index (χ0) is 25.7. The number of aliphatic hydroxyl groups excluding tert-OH is 1. The van der Waals surface area contributed by atoms with Crippen LogP contribution in [0, 0.1) is 5.92 Å². The van der Waals surface area contributed by atoms with E-state index in [-0.39, 0.29) is 24.3 Å². The van der Waals surface area contributed by atoms with E-state index in [2.05, 4.69) is 15.6 Å². The number of rotatable bonds is 7. The molecule has 2 aliphatic rings. The number of fused-ring (bicyclic) bond motifs is 2. The average Bonchev–Trinajstić information content (AvgIpc) is 3.50. The smallest absolute Gasteiger partial charge is 0.261 e. The topological polar surface area (TPSA) is 89.3 Å². The molecule has 2 aliphatic heterocycles. The number of amides is 1. The lowest BCUT2D eigenvalue weighted by molar-refractivity contribution is -0.143. The molecule has 190 valence electrons. The number of carbonyl (C=O) groups is 1. The fraction of sp³-hybridized carbons (Fsp3) is 0.423. The van der Waals surface area contributed by atoms with Gasteiger partial charge in [-0.05, 0) is 43.3 Å². The summed E-state index contributed by atoms with van der Waals surface area (Å²) in [6.45, 7) is 5.62. The monoisotopic (exact) mass is 528 g/mol. The SMILES string of the molecule is C[C@@H]1[C@@H]([Si](C)(C)F)[C@H](CCn2cc(C(CO)c3ccccc3)nn2)O[C@@]12C(=O)Nc1ccc(Cl)cc12. The minimum absolute atomic E-state index is 0.0880. The molecule has 0 bridgehead atoms. The molecule has 1 spiro atoms. The van der Waals surface area contributed by atoms with Gasteiger partial charge in [-0.2, -0.15) is 0 Å². The van der Waals surface area contributed by atoms with Crippen molar-refractivity contribution in [2.45, 2.75) is 56.1 Å². The summed E-state index contributed by atoms with van der Waals surface area (Å²) in [5.41, 5.74) is 1.29. The van der Waals surface area contributed by atoms with Gasteiger partial charge in [0.2, 0.25) is 8.41 Å². The molecule has 1 saturated heterocycles. The zero-order valence-corrected chi connectivity index (χ0v) is 22.2. The molecule has 36 heavy (non-hydrogen) atoms. The van der Waals surface area contributed by atoms with Crippen molar-refractivity contribution in [1.82, 2.24) is 15.0 Å². The number of halogens is 2. The van der Waals surface area contributed by atoms with Crippen molar-refractivity contribution in [3.63, 3.8) is 0 Å². The van der Waals surface area contributed by atoms with Crippen LogP contribution >= 0.6 is 11.6 Å². The molecule has 3 aromatic rings. The molecule has 5 rings (SSSR count). The third-order valence-corrected chi connectivity index (χ3v) is 10.3. The van der Waals surface area contributed by atoms with E-state index in [4.69, 9.17) is 16.3 Å². The number of nitrogens with one attached hydrogen (secondary N) is 1. The fourth-order valence-corrected chi connectivity index (χ4v) is 8.72. The lowest BCUT2D eigenvalue weighted by Gasteiger charge is -2.30. The Morgan fingerprint density at radius 3 is 2.72 bits per heavy atom. The van der Waals surface area contributed by atoms with Crippen LogP contribution in [0.3, 0.4) is 0 Å². The second kappa shape index (κ2) is 9.37. The Hall–Kier alpha value is -2.59. The van der Waals surface area contributed by atoms with Gasteiger partial charge >= 0.3 is 0 Å². The van der Waals surface area contributed by atoms with Crippen LogP contribution in [0.25, 0.3) is 0 Å². The number of ether oxygens (including phenoxy) is 1. The van der Waals surface area contributed by atoms with Crippen molar-refractivity contribution >= 4 is 31.6 Å². The molecule has 3 heterocycles. The van der Waals surface area contributed by atoms with Crippen molar-refractivity contribution in [3.05, 3.63) is 76.6 Å². The number of benzene rings is 2. The zero-order valence-electron chi connectivity index (χ0n) is 20.5. The highest BCUT2D eigenvalue weighted by Gasteiger charge is 2.65.